The predicted molar refractivity (Wildman–Crippen MR) is 57.0 cm³/mol. The molecule has 0 radical (unpaired) electrons. The first kappa shape index (κ1) is 14.8. The summed E-state index contributed by atoms with van der Waals surface area (Å²) in [5, 5.41) is 8.59. The standard InChI is InChI=1S/C11H9ClF4O2/c1-5(11(14,15)16)9(10(17)18)6-2-3-7(12)8(13)4-6/h2-5,9H,1H3,(H,17,18)/t5-,9?/m1/s1. The van der Waals surface area contributed by atoms with Gasteiger partial charge >= 0.3 is 12.1 Å². The number of carboxylic acid groups (broad SMARTS) is 1. The molecule has 2 atom stereocenters. The van der Waals surface area contributed by atoms with E-state index in [1.165, 1.54) is 0 Å². The van der Waals surface area contributed by atoms with Crippen molar-refractivity contribution in [3.05, 3.63) is 34.6 Å². The molecule has 0 aromatic heterocycles. The van der Waals surface area contributed by atoms with Gasteiger partial charge in [0.1, 0.15) is 5.82 Å². The third-order valence-electron chi connectivity index (χ3n) is 2.59. The van der Waals surface area contributed by atoms with Gasteiger partial charge in [-0.2, -0.15) is 13.2 Å². The van der Waals surface area contributed by atoms with Crippen molar-refractivity contribution in [2.45, 2.75) is 19.0 Å². The maximum absolute atomic E-state index is 13.2. The van der Waals surface area contributed by atoms with Crippen molar-refractivity contribution in [1.29, 1.82) is 0 Å². The topological polar surface area (TPSA) is 37.3 Å². The number of aliphatic carboxylic acids is 1. The van der Waals surface area contributed by atoms with Gasteiger partial charge in [0.15, 0.2) is 0 Å². The van der Waals surface area contributed by atoms with E-state index in [0.717, 1.165) is 19.1 Å². The number of hydrogen-bond donors (Lipinski definition) is 1. The molecule has 100 valence electrons. The van der Waals surface area contributed by atoms with E-state index >= 15 is 0 Å². The van der Waals surface area contributed by atoms with E-state index in [4.69, 9.17) is 16.7 Å². The first-order valence-corrected chi connectivity index (χ1v) is 5.27. The zero-order valence-electron chi connectivity index (χ0n) is 9.13. The van der Waals surface area contributed by atoms with Crippen molar-refractivity contribution >= 4 is 17.6 Å². The number of rotatable bonds is 3. The Morgan fingerprint density at radius 1 is 1.39 bits per heavy atom. The van der Waals surface area contributed by atoms with Crippen LogP contribution in [-0.4, -0.2) is 17.3 Å². The number of halogens is 5. The maximum atomic E-state index is 13.2. The lowest BCUT2D eigenvalue weighted by atomic mass is 9.87. The molecule has 0 spiro atoms. The van der Waals surface area contributed by atoms with Crippen molar-refractivity contribution in [2.75, 3.05) is 0 Å². The second kappa shape index (κ2) is 5.14. The molecular weight excluding hydrogens is 276 g/mol. The summed E-state index contributed by atoms with van der Waals surface area (Å²) in [5.41, 5.74) is -0.269. The van der Waals surface area contributed by atoms with Crippen LogP contribution in [-0.2, 0) is 4.79 Å². The van der Waals surface area contributed by atoms with Crippen LogP contribution in [0.1, 0.15) is 18.4 Å². The number of alkyl halides is 3. The third-order valence-corrected chi connectivity index (χ3v) is 2.89. The Hall–Kier alpha value is -1.30. The minimum Gasteiger partial charge on any atom is -0.481 e. The zero-order valence-corrected chi connectivity index (χ0v) is 9.89. The van der Waals surface area contributed by atoms with Crippen molar-refractivity contribution in [2.24, 2.45) is 5.92 Å². The molecule has 0 aliphatic rings. The summed E-state index contributed by atoms with van der Waals surface area (Å²) in [6.07, 6.45) is -4.68. The molecule has 0 aliphatic heterocycles. The number of hydrogen-bond acceptors (Lipinski definition) is 1. The average Bonchev–Trinajstić information content (AvgIpc) is 2.21. The molecule has 1 rings (SSSR count). The first-order valence-electron chi connectivity index (χ1n) is 4.89. The highest BCUT2D eigenvalue weighted by molar-refractivity contribution is 6.30. The number of carbonyl (C=O) groups is 1. The summed E-state index contributed by atoms with van der Waals surface area (Å²) < 4.78 is 50.8. The lowest BCUT2D eigenvalue weighted by molar-refractivity contribution is -0.183. The van der Waals surface area contributed by atoms with Gasteiger partial charge in [-0.25, -0.2) is 4.39 Å². The Morgan fingerprint density at radius 3 is 2.33 bits per heavy atom. The Kier molecular flexibility index (Phi) is 4.21. The average molecular weight is 285 g/mol. The molecular formula is C11H9ClF4O2. The number of benzene rings is 1. The van der Waals surface area contributed by atoms with E-state index in [1.54, 1.807) is 0 Å². The maximum Gasteiger partial charge on any atom is 0.392 e. The Balaban J connectivity index is 3.21. The van der Waals surface area contributed by atoms with E-state index in [-0.39, 0.29) is 10.6 Å². The van der Waals surface area contributed by atoms with Gasteiger partial charge in [0.25, 0.3) is 0 Å². The minimum atomic E-state index is -4.68. The molecule has 0 aliphatic carbocycles. The van der Waals surface area contributed by atoms with Crippen molar-refractivity contribution in [3.8, 4) is 0 Å². The smallest absolute Gasteiger partial charge is 0.392 e. The summed E-state index contributed by atoms with van der Waals surface area (Å²) >= 11 is 5.39. The molecule has 0 bridgehead atoms. The predicted octanol–water partition coefficient (Wildman–Crippen LogP) is 3.85. The Labute approximate surface area is 105 Å². The van der Waals surface area contributed by atoms with Crippen LogP contribution in [0.2, 0.25) is 5.02 Å². The van der Waals surface area contributed by atoms with Crippen molar-refractivity contribution < 1.29 is 27.5 Å². The monoisotopic (exact) mass is 284 g/mol. The molecule has 1 unspecified atom stereocenters. The molecule has 0 heterocycles. The SMILES string of the molecule is C[C@H](C(C(=O)O)c1ccc(Cl)c(F)c1)C(F)(F)F. The first-order chi connectivity index (χ1) is 8.14. The van der Waals surface area contributed by atoms with E-state index < -0.39 is 29.8 Å². The lowest BCUT2D eigenvalue weighted by Gasteiger charge is -2.23. The molecule has 2 nitrogen and oxygen atoms in total. The van der Waals surface area contributed by atoms with Gasteiger partial charge in [0, 0.05) is 0 Å². The summed E-state index contributed by atoms with van der Waals surface area (Å²) in [7, 11) is 0. The van der Waals surface area contributed by atoms with Gasteiger partial charge in [-0.05, 0) is 17.7 Å². The van der Waals surface area contributed by atoms with Gasteiger partial charge in [0.05, 0.1) is 16.9 Å². The molecule has 0 saturated carbocycles. The van der Waals surface area contributed by atoms with E-state index in [2.05, 4.69) is 0 Å². The highest BCUT2D eigenvalue weighted by Crippen LogP contribution is 2.38. The van der Waals surface area contributed by atoms with E-state index in [9.17, 15) is 22.4 Å². The van der Waals surface area contributed by atoms with Crippen LogP contribution in [0, 0.1) is 11.7 Å². The molecule has 18 heavy (non-hydrogen) atoms. The summed E-state index contributed by atoms with van der Waals surface area (Å²) in [6, 6.07) is 2.82. The Bertz CT molecular complexity index is 459. The summed E-state index contributed by atoms with van der Waals surface area (Å²) in [6.45, 7) is 0.741. The molecule has 1 aromatic carbocycles. The van der Waals surface area contributed by atoms with Gasteiger partial charge in [-0.3, -0.25) is 4.79 Å². The van der Waals surface area contributed by atoms with Gasteiger partial charge in [0.2, 0.25) is 0 Å². The minimum absolute atomic E-state index is 0.269. The molecule has 0 fully saturated rings. The quantitative estimate of drug-likeness (QED) is 0.856. The zero-order chi connectivity index (χ0) is 14.1. The normalized spacial score (nSPS) is 15.2. The summed E-state index contributed by atoms with van der Waals surface area (Å²) in [4.78, 5) is 10.9. The fourth-order valence-electron chi connectivity index (χ4n) is 1.54. The molecule has 1 aromatic rings. The molecule has 0 saturated heterocycles. The van der Waals surface area contributed by atoms with Gasteiger partial charge in [-0.15, -0.1) is 0 Å². The number of carboxylic acids is 1. The van der Waals surface area contributed by atoms with Crippen LogP contribution in [0.3, 0.4) is 0 Å². The van der Waals surface area contributed by atoms with Crippen LogP contribution in [0.25, 0.3) is 0 Å². The Morgan fingerprint density at radius 2 is 1.94 bits per heavy atom. The van der Waals surface area contributed by atoms with Gasteiger partial charge < -0.3 is 5.11 Å². The highest BCUT2D eigenvalue weighted by Gasteiger charge is 2.45. The summed E-state index contributed by atoms with van der Waals surface area (Å²) in [5.74, 6) is -6.61. The van der Waals surface area contributed by atoms with Crippen molar-refractivity contribution in [1.82, 2.24) is 0 Å². The van der Waals surface area contributed by atoms with Crippen LogP contribution >= 0.6 is 11.6 Å². The second-order valence-corrected chi connectivity index (χ2v) is 4.23. The van der Waals surface area contributed by atoms with Crippen molar-refractivity contribution in [3.63, 3.8) is 0 Å². The lowest BCUT2D eigenvalue weighted by Crippen LogP contribution is -2.31. The highest BCUT2D eigenvalue weighted by atomic mass is 35.5. The van der Waals surface area contributed by atoms with Gasteiger partial charge in [-0.1, -0.05) is 24.6 Å². The van der Waals surface area contributed by atoms with Crippen LogP contribution < -0.4 is 0 Å². The van der Waals surface area contributed by atoms with Crippen LogP contribution in [0.4, 0.5) is 17.6 Å². The third kappa shape index (κ3) is 3.13. The largest absolute Gasteiger partial charge is 0.481 e. The fraction of sp³-hybridized carbons (Fsp3) is 0.364. The van der Waals surface area contributed by atoms with E-state index in [1.807, 2.05) is 0 Å². The van der Waals surface area contributed by atoms with Crippen LogP contribution in [0.15, 0.2) is 18.2 Å². The van der Waals surface area contributed by atoms with Crippen LogP contribution in [0.5, 0.6) is 0 Å². The van der Waals surface area contributed by atoms with E-state index in [0.29, 0.717) is 6.07 Å². The molecule has 0 amide bonds. The fourth-order valence-corrected chi connectivity index (χ4v) is 1.66. The second-order valence-electron chi connectivity index (χ2n) is 3.82. The molecule has 1 N–H and O–H groups in total. The molecule has 7 heteroatoms.